The summed E-state index contributed by atoms with van der Waals surface area (Å²) in [6.07, 6.45) is 0. The Kier molecular flexibility index (Phi) is 4.00. The van der Waals surface area contributed by atoms with Gasteiger partial charge in [0.25, 0.3) is 5.88 Å². The molecule has 2 rings (SSSR count). The number of carbonyl (C=O) groups excluding carboxylic acids is 1. The Bertz CT molecular complexity index is 440. The van der Waals surface area contributed by atoms with E-state index in [-0.39, 0.29) is 6.03 Å². The van der Waals surface area contributed by atoms with Gasteiger partial charge in [-0.05, 0) is 6.92 Å². The highest BCUT2D eigenvalue weighted by molar-refractivity contribution is 7.99. The lowest BCUT2D eigenvalue weighted by molar-refractivity contribution is 0.217. The molecule has 0 bridgehead atoms. The Morgan fingerprint density at radius 2 is 2.11 bits per heavy atom. The summed E-state index contributed by atoms with van der Waals surface area (Å²) in [4.78, 5) is 13.9. The number of anilines is 1. The quantitative estimate of drug-likeness (QED) is 0.880. The van der Waals surface area contributed by atoms with Gasteiger partial charge in [-0.2, -0.15) is 11.8 Å². The molecular formula is C11H18N4O2S. The molecule has 7 heteroatoms. The Morgan fingerprint density at radius 1 is 1.44 bits per heavy atom. The number of aryl methyl sites for hydroxylation is 1. The third-order valence-corrected chi connectivity index (χ3v) is 3.97. The molecule has 0 saturated carbocycles. The fraction of sp³-hybridized carbons (Fsp3) is 0.636. The maximum Gasteiger partial charge on any atom is 0.322 e. The molecule has 0 radical (unpaired) electrons. The summed E-state index contributed by atoms with van der Waals surface area (Å²) in [5, 5.41) is 7.07. The Morgan fingerprint density at radius 3 is 2.72 bits per heavy atom. The van der Waals surface area contributed by atoms with Gasteiger partial charge in [0.2, 0.25) is 0 Å². The van der Waals surface area contributed by atoms with Crippen LogP contribution >= 0.6 is 11.8 Å². The summed E-state index contributed by atoms with van der Waals surface area (Å²) in [6.45, 7) is 3.48. The topological polar surface area (TPSA) is 59.4 Å². The molecule has 0 aromatic carbocycles. The zero-order valence-electron chi connectivity index (χ0n) is 10.9. The summed E-state index contributed by atoms with van der Waals surface area (Å²) >= 11 is 1.87. The molecule has 1 saturated heterocycles. The molecule has 1 aromatic rings. The predicted molar refractivity (Wildman–Crippen MR) is 72.4 cm³/mol. The van der Waals surface area contributed by atoms with Gasteiger partial charge in [0.1, 0.15) is 5.69 Å². The number of hydrogen-bond donors (Lipinski definition) is 1. The predicted octanol–water partition coefficient (Wildman–Crippen LogP) is 1.32. The number of carbonyl (C=O) groups is 1. The number of aromatic nitrogens is 2. The Balaban J connectivity index is 2.10. The molecule has 0 atom stereocenters. The number of thioether (sulfide) groups is 1. The van der Waals surface area contributed by atoms with Crippen LogP contribution in [0.4, 0.5) is 10.5 Å². The summed E-state index contributed by atoms with van der Waals surface area (Å²) in [5.41, 5.74) is 1.54. The number of hydrogen-bond acceptors (Lipinski definition) is 4. The van der Waals surface area contributed by atoms with Crippen LogP contribution in [-0.4, -0.2) is 52.4 Å². The van der Waals surface area contributed by atoms with Crippen molar-refractivity contribution in [2.24, 2.45) is 7.05 Å². The highest BCUT2D eigenvalue weighted by Crippen LogP contribution is 2.26. The number of methoxy groups -OCH3 is 1. The number of nitrogens with one attached hydrogen (secondary N) is 1. The number of ether oxygens (including phenoxy) is 1. The van der Waals surface area contributed by atoms with Gasteiger partial charge in [0.15, 0.2) is 0 Å². The molecule has 1 N–H and O–H groups in total. The van der Waals surface area contributed by atoms with Crippen LogP contribution in [0.25, 0.3) is 0 Å². The van der Waals surface area contributed by atoms with Gasteiger partial charge in [0, 0.05) is 31.6 Å². The Hall–Kier alpha value is -1.37. The van der Waals surface area contributed by atoms with Crippen molar-refractivity contribution in [1.82, 2.24) is 14.7 Å². The maximum atomic E-state index is 12.1. The normalized spacial score (nSPS) is 15.6. The van der Waals surface area contributed by atoms with E-state index in [0.29, 0.717) is 11.6 Å². The maximum absolute atomic E-state index is 12.1. The highest BCUT2D eigenvalue weighted by Gasteiger charge is 2.21. The standard InChI is InChI=1S/C11H18N4O2S/c1-8-9(10(17-3)13-14(8)2)12-11(16)15-4-6-18-7-5-15/h4-7H2,1-3H3,(H,12,16). The number of rotatable bonds is 2. The van der Waals surface area contributed by atoms with E-state index in [2.05, 4.69) is 10.4 Å². The zero-order valence-corrected chi connectivity index (χ0v) is 11.7. The van der Waals surface area contributed by atoms with Crippen molar-refractivity contribution in [3.8, 4) is 5.88 Å². The van der Waals surface area contributed by atoms with Crippen molar-refractivity contribution in [3.05, 3.63) is 5.69 Å². The van der Waals surface area contributed by atoms with Gasteiger partial charge in [-0.15, -0.1) is 5.10 Å². The van der Waals surface area contributed by atoms with E-state index in [4.69, 9.17) is 4.74 Å². The number of amides is 2. The SMILES string of the molecule is COc1nn(C)c(C)c1NC(=O)N1CCSCC1. The van der Waals surface area contributed by atoms with Crippen LogP contribution < -0.4 is 10.1 Å². The first-order chi connectivity index (χ1) is 8.63. The fourth-order valence-electron chi connectivity index (χ4n) is 1.82. The average Bonchev–Trinajstić information content (AvgIpc) is 2.67. The Labute approximate surface area is 111 Å². The first-order valence-corrected chi connectivity index (χ1v) is 7.00. The molecule has 100 valence electrons. The smallest absolute Gasteiger partial charge is 0.322 e. The average molecular weight is 270 g/mol. The summed E-state index contributed by atoms with van der Waals surface area (Å²) in [7, 11) is 3.38. The molecule has 1 fully saturated rings. The van der Waals surface area contributed by atoms with Crippen molar-refractivity contribution < 1.29 is 9.53 Å². The summed E-state index contributed by atoms with van der Waals surface area (Å²) in [5.74, 6) is 2.45. The van der Waals surface area contributed by atoms with Gasteiger partial charge >= 0.3 is 6.03 Å². The van der Waals surface area contributed by atoms with E-state index < -0.39 is 0 Å². The van der Waals surface area contributed by atoms with Gasteiger partial charge in [-0.25, -0.2) is 4.79 Å². The van der Waals surface area contributed by atoms with Crippen LogP contribution in [0.2, 0.25) is 0 Å². The largest absolute Gasteiger partial charge is 0.478 e. The molecule has 1 aliphatic rings. The first kappa shape index (κ1) is 13.1. The lowest BCUT2D eigenvalue weighted by Gasteiger charge is -2.26. The molecule has 1 aromatic heterocycles. The van der Waals surface area contributed by atoms with Gasteiger partial charge in [0.05, 0.1) is 12.8 Å². The van der Waals surface area contributed by atoms with Gasteiger partial charge in [-0.3, -0.25) is 4.68 Å². The first-order valence-electron chi connectivity index (χ1n) is 5.84. The minimum atomic E-state index is -0.0790. The number of urea groups is 1. The van der Waals surface area contributed by atoms with E-state index in [1.54, 1.807) is 11.8 Å². The van der Waals surface area contributed by atoms with Gasteiger partial charge < -0.3 is 15.0 Å². The monoisotopic (exact) mass is 270 g/mol. The fourth-order valence-corrected chi connectivity index (χ4v) is 2.72. The van der Waals surface area contributed by atoms with Crippen molar-refractivity contribution in [3.63, 3.8) is 0 Å². The van der Waals surface area contributed by atoms with E-state index >= 15 is 0 Å². The molecule has 2 heterocycles. The molecule has 18 heavy (non-hydrogen) atoms. The van der Waals surface area contributed by atoms with E-state index in [1.807, 2.05) is 30.6 Å². The zero-order chi connectivity index (χ0) is 13.1. The van der Waals surface area contributed by atoms with E-state index in [9.17, 15) is 4.79 Å². The minimum absolute atomic E-state index is 0.0790. The minimum Gasteiger partial charge on any atom is -0.478 e. The van der Waals surface area contributed by atoms with Crippen molar-refractivity contribution in [1.29, 1.82) is 0 Å². The van der Waals surface area contributed by atoms with Crippen LogP contribution in [0, 0.1) is 6.92 Å². The second kappa shape index (κ2) is 5.51. The van der Waals surface area contributed by atoms with Crippen LogP contribution in [0.5, 0.6) is 5.88 Å². The van der Waals surface area contributed by atoms with Crippen LogP contribution in [-0.2, 0) is 7.05 Å². The molecule has 1 aliphatic heterocycles. The highest BCUT2D eigenvalue weighted by atomic mass is 32.2. The molecule has 0 unspecified atom stereocenters. The molecular weight excluding hydrogens is 252 g/mol. The molecule has 2 amide bonds. The van der Waals surface area contributed by atoms with Crippen LogP contribution in [0.1, 0.15) is 5.69 Å². The molecule has 0 spiro atoms. The molecule has 0 aliphatic carbocycles. The van der Waals surface area contributed by atoms with Gasteiger partial charge in [-0.1, -0.05) is 0 Å². The lowest BCUT2D eigenvalue weighted by Crippen LogP contribution is -2.40. The third-order valence-electron chi connectivity index (χ3n) is 3.03. The summed E-state index contributed by atoms with van der Waals surface area (Å²) < 4.78 is 6.86. The van der Waals surface area contributed by atoms with Crippen molar-refractivity contribution in [2.45, 2.75) is 6.92 Å². The third kappa shape index (κ3) is 2.55. The van der Waals surface area contributed by atoms with E-state index in [1.165, 1.54) is 0 Å². The van der Waals surface area contributed by atoms with E-state index in [0.717, 1.165) is 30.3 Å². The van der Waals surface area contributed by atoms with Crippen LogP contribution in [0.15, 0.2) is 0 Å². The van der Waals surface area contributed by atoms with Crippen molar-refractivity contribution >= 4 is 23.5 Å². The van der Waals surface area contributed by atoms with Crippen molar-refractivity contribution in [2.75, 3.05) is 37.0 Å². The second-order valence-corrected chi connectivity index (χ2v) is 5.35. The van der Waals surface area contributed by atoms with Crippen LogP contribution in [0.3, 0.4) is 0 Å². The number of nitrogens with zero attached hydrogens (tertiary/aromatic N) is 3. The second-order valence-electron chi connectivity index (χ2n) is 4.12. The molecule has 6 nitrogen and oxygen atoms in total. The lowest BCUT2D eigenvalue weighted by atomic mass is 10.4. The summed E-state index contributed by atoms with van der Waals surface area (Å²) in [6, 6.07) is -0.0790.